The number of nitrogens with zero attached hydrogens (tertiary/aromatic N) is 3. The van der Waals surface area contributed by atoms with Crippen LogP contribution in [0.1, 0.15) is 58.1 Å². The maximum Gasteiger partial charge on any atom is 0.236 e. The Morgan fingerprint density at radius 3 is 2.28 bits per heavy atom. The molecule has 2 aliphatic heterocycles. The number of likely N-dealkylation sites (tertiary alicyclic amines) is 1. The Morgan fingerprint density at radius 1 is 0.969 bits per heavy atom. The molecule has 1 N–H and O–H groups in total. The molecule has 0 aliphatic carbocycles. The van der Waals surface area contributed by atoms with E-state index in [1.165, 1.54) is 18.4 Å². The average molecular weight is 445 g/mol. The molecule has 2 fully saturated rings. The number of rotatable bonds is 6. The van der Waals surface area contributed by atoms with Crippen molar-refractivity contribution in [2.45, 2.75) is 58.0 Å². The maximum atomic E-state index is 13.1. The SMILES string of the molecule is COc1ccc(C2CCCCCN2CC(=O)N2CCN(CC(=O)NC(C)(C)C)CC2)cc1. The minimum Gasteiger partial charge on any atom is -0.497 e. The van der Waals surface area contributed by atoms with Gasteiger partial charge in [-0.15, -0.1) is 0 Å². The van der Waals surface area contributed by atoms with Crippen LogP contribution in [0, 0.1) is 0 Å². The second kappa shape index (κ2) is 11.1. The Kier molecular flexibility index (Phi) is 8.54. The number of carbonyl (C=O) groups excluding carboxylic acids is 2. The van der Waals surface area contributed by atoms with Gasteiger partial charge < -0.3 is 15.0 Å². The number of hydrogen-bond donors (Lipinski definition) is 1. The number of benzene rings is 1. The molecule has 1 aromatic carbocycles. The lowest BCUT2D eigenvalue weighted by atomic mass is 10.0. The number of piperazine rings is 1. The first-order chi connectivity index (χ1) is 15.2. The topological polar surface area (TPSA) is 65.1 Å². The summed E-state index contributed by atoms with van der Waals surface area (Å²) in [4.78, 5) is 31.8. The van der Waals surface area contributed by atoms with E-state index in [4.69, 9.17) is 4.74 Å². The van der Waals surface area contributed by atoms with E-state index >= 15 is 0 Å². The molecule has 0 radical (unpaired) electrons. The van der Waals surface area contributed by atoms with Gasteiger partial charge in [-0.3, -0.25) is 19.4 Å². The third-order valence-electron chi connectivity index (χ3n) is 6.31. The van der Waals surface area contributed by atoms with Crippen molar-refractivity contribution >= 4 is 11.8 Å². The molecule has 32 heavy (non-hydrogen) atoms. The summed E-state index contributed by atoms with van der Waals surface area (Å²) in [6, 6.07) is 8.56. The highest BCUT2D eigenvalue weighted by Crippen LogP contribution is 2.31. The second-order valence-electron chi connectivity index (χ2n) is 10.1. The minimum absolute atomic E-state index is 0.0455. The van der Waals surface area contributed by atoms with Gasteiger partial charge in [-0.05, 0) is 57.9 Å². The molecule has 2 saturated heterocycles. The summed E-state index contributed by atoms with van der Waals surface area (Å²) in [5.74, 6) is 1.10. The molecule has 1 unspecified atom stereocenters. The molecule has 3 rings (SSSR count). The smallest absolute Gasteiger partial charge is 0.236 e. The molecule has 0 spiro atoms. The highest BCUT2D eigenvalue weighted by Gasteiger charge is 2.28. The van der Waals surface area contributed by atoms with Crippen LogP contribution < -0.4 is 10.1 Å². The highest BCUT2D eigenvalue weighted by molar-refractivity contribution is 5.79. The first kappa shape index (κ1) is 24.5. The average Bonchev–Trinajstić information content (AvgIpc) is 2.98. The predicted molar refractivity (Wildman–Crippen MR) is 127 cm³/mol. The van der Waals surface area contributed by atoms with Gasteiger partial charge >= 0.3 is 0 Å². The Bertz CT molecular complexity index is 751. The van der Waals surface area contributed by atoms with Crippen LogP contribution in [0.25, 0.3) is 0 Å². The molecule has 0 saturated carbocycles. The first-order valence-corrected chi connectivity index (χ1v) is 11.9. The zero-order chi connectivity index (χ0) is 23.1. The molecular formula is C25H40N4O3. The zero-order valence-electron chi connectivity index (χ0n) is 20.2. The van der Waals surface area contributed by atoms with Gasteiger partial charge in [0.05, 0.1) is 20.2 Å². The van der Waals surface area contributed by atoms with E-state index < -0.39 is 0 Å². The summed E-state index contributed by atoms with van der Waals surface area (Å²) >= 11 is 0. The van der Waals surface area contributed by atoms with Crippen molar-refractivity contribution in [3.63, 3.8) is 0 Å². The van der Waals surface area contributed by atoms with E-state index in [9.17, 15) is 9.59 Å². The molecule has 1 aromatic rings. The monoisotopic (exact) mass is 444 g/mol. The lowest BCUT2D eigenvalue weighted by Gasteiger charge is -2.37. The van der Waals surface area contributed by atoms with Crippen LogP contribution in [-0.4, -0.2) is 85.0 Å². The molecule has 0 bridgehead atoms. The van der Waals surface area contributed by atoms with E-state index in [2.05, 4.69) is 27.2 Å². The largest absolute Gasteiger partial charge is 0.497 e. The summed E-state index contributed by atoms with van der Waals surface area (Å²) < 4.78 is 5.30. The summed E-state index contributed by atoms with van der Waals surface area (Å²) in [7, 11) is 1.68. The maximum absolute atomic E-state index is 13.1. The van der Waals surface area contributed by atoms with E-state index in [1.807, 2.05) is 37.8 Å². The second-order valence-corrected chi connectivity index (χ2v) is 10.1. The minimum atomic E-state index is -0.220. The molecule has 2 heterocycles. The van der Waals surface area contributed by atoms with Gasteiger partial charge in [0.1, 0.15) is 5.75 Å². The number of amides is 2. The van der Waals surface area contributed by atoms with Crippen LogP contribution in [0.2, 0.25) is 0 Å². The summed E-state index contributed by atoms with van der Waals surface area (Å²) in [5, 5.41) is 3.01. The standard InChI is InChI=1S/C25H40N4O3/c1-25(2,3)26-23(30)18-27-14-16-28(17-15-27)24(31)19-29-13-7-5-6-8-22(29)20-9-11-21(32-4)12-10-20/h9-12,22H,5-8,13-19H2,1-4H3,(H,26,30). The lowest BCUT2D eigenvalue weighted by molar-refractivity contribution is -0.135. The molecule has 1 atom stereocenters. The van der Waals surface area contributed by atoms with Crippen molar-refractivity contribution in [1.29, 1.82) is 0 Å². The summed E-state index contributed by atoms with van der Waals surface area (Å²) in [5.41, 5.74) is 1.04. The lowest BCUT2D eigenvalue weighted by Crippen LogP contribution is -2.54. The number of ether oxygens (including phenoxy) is 1. The quantitative estimate of drug-likeness (QED) is 0.731. The Labute approximate surface area is 193 Å². The molecule has 7 heteroatoms. The molecule has 0 aromatic heterocycles. The van der Waals surface area contributed by atoms with Crippen LogP contribution in [0.15, 0.2) is 24.3 Å². The number of nitrogens with one attached hydrogen (secondary N) is 1. The van der Waals surface area contributed by atoms with Crippen molar-refractivity contribution in [2.75, 3.05) is 52.9 Å². The van der Waals surface area contributed by atoms with E-state index in [0.717, 1.165) is 38.2 Å². The number of hydrogen-bond acceptors (Lipinski definition) is 5. The molecule has 7 nitrogen and oxygen atoms in total. The van der Waals surface area contributed by atoms with Crippen LogP contribution in [0.5, 0.6) is 5.75 Å². The van der Waals surface area contributed by atoms with Gasteiger partial charge in [0, 0.05) is 37.8 Å². The van der Waals surface area contributed by atoms with Gasteiger partial charge in [0.25, 0.3) is 0 Å². The van der Waals surface area contributed by atoms with Crippen LogP contribution in [0.3, 0.4) is 0 Å². The third-order valence-corrected chi connectivity index (χ3v) is 6.31. The van der Waals surface area contributed by atoms with Crippen molar-refractivity contribution in [3.05, 3.63) is 29.8 Å². The van der Waals surface area contributed by atoms with Gasteiger partial charge in [-0.2, -0.15) is 0 Å². The van der Waals surface area contributed by atoms with Gasteiger partial charge in [-0.1, -0.05) is 25.0 Å². The number of carbonyl (C=O) groups is 2. The van der Waals surface area contributed by atoms with Crippen LogP contribution in [-0.2, 0) is 9.59 Å². The zero-order valence-corrected chi connectivity index (χ0v) is 20.2. The van der Waals surface area contributed by atoms with Crippen molar-refractivity contribution in [3.8, 4) is 5.75 Å². The molecule has 2 aliphatic rings. The van der Waals surface area contributed by atoms with Gasteiger partial charge in [0.15, 0.2) is 0 Å². The summed E-state index contributed by atoms with van der Waals surface area (Å²) in [6.45, 7) is 10.6. The predicted octanol–water partition coefficient (Wildman–Crippen LogP) is 2.67. The molecule has 178 valence electrons. The fraction of sp³-hybridized carbons (Fsp3) is 0.680. The Morgan fingerprint density at radius 2 is 1.66 bits per heavy atom. The van der Waals surface area contributed by atoms with E-state index in [-0.39, 0.29) is 23.4 Å². The van der Waals surface area contributed by atoms with E-state index in [1.54, 1.807) is 7.11 Å². The first-order valence-electron chi connectivity index (χ1n) is 11.9. The summed E-state index contributed by atoms with van der Waals surface area (Å²) in [6.07, 6.45) is 4.62. The highest BCUT2D eigenvalue weighted by atomic mass is 16.5. The fourth-order valence-corrected chi connectivity index (χ4v) is 4.65. The fourth-order valence-electron chi connectivity index (χ4n) is 4.65. The van der Waals surface area contributed by atoms with Crippen LogP contribution in [0.4, 0.5) is 0 Å². The van der Waals surface area contributed by atoms with Crippen molar-refractivity contribution in [1.82, 2.24) is 20.0 Å². The normalized spacial score (nSPS) is 21.1. The third kappa shape index (κ3) is 7.20. The van der Waals surface area contributed by atoms with Gasteiger partial charge in [0.2, 0.25) is 11.8 Å². The Balaban J connectivity index is 1.53. The van der Waals surface area contributed by atoms with E-state index in [0.29, 0.717) is 26.2 Å². The van der Waals surface area contributed by atoms with Crippen LogP contribution >= 0.6 is 0 Å². The van der Waals surface area contributed by atoms with Gasteiger partial charge in [-0.25, -0.2) is 0 Å². The van der Waals surface area contributed by atoms with Crippen molar-refractivity contribution < 1.29 is 14.3 Å². The molecule has 2 amide bonds. The van der Waals surface area contributed by atoms with Crippen molar-refractivity contribution in [2.24, 2.45) is 0 Å². The Hall–Kier alpha value is -2.12. The molecular weight excluding hydrogens is 404 g/mol. The number of methoxy groups -OCH3 is 1.